The zero-order valence-electron chi connectivity index (χ0n) is 19.2. The Labute approximate surface area is 205 Å². The Bertz CT molecular complexity index is 1070. The van der Waals surface area contributed by atoms with Crippen LogP contribution in [0.4, 0.5) is 17.6 Å². The molecular weight excluding hydrogens is 490 g/mol. The van der Waals surface area contributed by atoms with Crippen LogP contribution >= 0.6 is 11.6 Å². The van der Waals surface area contributed by atoms with Crippen molar-refractivity contribution in [2.45, 2.75) is 43.8 Å². The van der Waals surface area contributed by atoms with Crippen LogP contribution in [0, 0.1) is 11.2 Å². The number of nitrogens with zero attached hydrogens (tertiary/aromatic N) is 3. The number of halogens is 5. The van der Waals surface area contributed by atoms with E-state index in [-0.39, 0.29) is 41.8 Å². The van der Waals surface area contributed by atoms with Gasteiger partial charge in [-0.25, -0.2) is 14.4 Å². The van der Waals surface area contributed by atoms with Gasteiger partial charge in [-0.2, -0.15) is 13.2 Å². The molecule has 1 aromatic heterocycles. The summed E-state index contributed by atoms with van der Waals surface area (Å²) in [6.45, 7) is 0.109. The summed E-state index contributed by atoms with van der Waals surface area (Å²) in [6, 6.07) is 3.77. The lowest BCUT2D eigenvalue weighted by Crippen LogP contribution is -2.43. The Hall–Kier alpha value is -2.79. The number of benzene rings is 1. The van der Waals surface area contributed by atoms with Gasteiger partial charge in [-0.15, -0.1) is 0 Å². The molecule has 0 spiro atoms. The molecule has 0 saturated heterocycles. The molecule has 2 atom stereocenters. The second-order valence-electron chi connectivity index (χ2n) is 8.97. The lowest BCUT2D eigenvalue weighted by Gasteiger charge is -2.29. The first-order valence-corrected chi connectivity index (χ1v) is 11.3. The molecule has 2 aromatic rings. The average Bonchev–Trinajstić information content (AvgIpc) is 3.57. The van der Waals surface area contributed by atoms with Crippen LogP contribution in [0.1, 0.15) is 46.9 Å². The highest BCUT2D eigenvalue weighted by atomic mass is 35.5. The van der Waals surface area contributed by atoms with E-state index in [9.17, 15) is 27.2 Å². The van der Waals surface area contributed by atoms with Gasteiger partial charge in [0, 0.05) is 37.3 Å². The van der Waals surface area contributed by atoms with Crippen LogP contribution in [0.25, 0.3) is 0 Å². The first-order chi connectivity index (χ1) is 16.3. The molecule has 0 aliphatic heterocycles. The first-order valence-electron chi connectivity index (χ1n) is 10.9. The number of amides is 2. The maximum Gasteiger partial charge on any atom is 0.395 e. The monoisotopic (exact) mass is 515 g/mol. The van der Waals surface area contributed by atoms with E-state index in [1.807, 2.05) is 0 Å². The maximum absolute atomic E-state index is 14.1. The number of rotatable bonds is 10. The predicted octanol–water partition coefficient (Wildman–Crippen LogP) is 3.47. The number of hydrogen-bond acceptors (Lipinski definition) is 5. The SMILES string of the molecule is CN(C)[C@H](CNC(=O)CC(c1ncc(Cl)cn1)C1(C(F)(F)F)CC1)Cc1ccc(C(N)=O)c(F)c1. The molecule has 1 heterocycles. The summed E-state index contributed by atoms with van der Waals surface area (Å²) in [6.07, 6.45) is -2.41. The molecule has 1 saturated carbocycles. The van der Waals surface area contributed by atoms with Gasteiger partial charge < -0.3 is 16.0 Å². The smallest absolute Gasteiger partial charge is 0.366 e. The lowest BCUT2D eigenvalue weighted by atomic mass is 9.84. The minimum atomic E-state index is -4.51. The molecule has 1 aromatic carbocycles. The molecule has 1 unspecified atom stereocenters. The van der Waals surface area contributed by atoms with Gasteiger partial charge in [-0.05, 0) is 51.1 Å². The van der Waals surface area contributed by atoms with E-state index in [2.05, 4.69) is 15.3 Å². The van der Waals surface area contributed by atoms with Crippen molar-refractivity contribution in [2.75, 3.05) is 20.6 Å². The van der Waals surface area contributed by atoms with E-state index in [0.29, 0.717) is 12.0 Å². The van der Waals surface area contributed by atoms with E-state index >= 15 is 0 Å². The van der Waals surface area contributed by atoms with Gasteiger partial charge in [0.15, 0.2) is 0 Å². The van der Waals surface area contributed by atoms with Crippen LogP contribution in [0.5, 0.6) is 0 Å². The van der Waals surface area contributed by atoms with Crippen LogP contribution in [-0.4, -0.2) is 59.5 Å². The average molecular weight is 516 g/mol. The summed E-state index contributed by atoms with van der Waals surface area (Å²) < 4.78 is 55.7. The molecule has 1 aliphatic rings. The van der Waals surface area contributed by atoms with Crippen LogP contribution in [-0.2, 0) is 11.2 Å². The van der Waals surface area contributed by atoms with Crippen molar-refractivity contribution in [1.82, 2.24) is 20.2 Å². The van der Waals surface area contributed by atoms with E-state index in [0.717, 1.165) is 0 Å². The third-order valence-corrected chi connectivity index (χ3v) is 6.59. The van der Waals surface area contributed by atoms with Crippen LogP contribution < -0.4 is 11.1 Å². The second kappa shape index (κ2) is 10.4. The number of aromatic nitrogens is 2. The number of primary amides is 1. The highest BCUT2D eigenvalue weighted by molar-refractivity contribution is 6.30. The van der Waals surface area contributed by atoms with E-state index < -0.39 is 41.6 Å². The number of likely N-dealkylation sites (N-methyl/N-ethyl adjacent to an activating group) is 1. The molecule has 0 bridgehead atoms. The third kappa shape index (κ3) is 6.26. The van der Waals surface area contributed by atoms with Gasteiger partial charge in [-0.3, -0.25) is 9.59 Å². The lowest BCUT2D eigenvalue weighted by molar-refractivity contribution is -0.195. The van der Waals surface area contributed by atoms with Gasteiger partial charge in [0.2, 0.25) is 5.91 Å². The number of nitrogens with one attached hydrogen (secondary N) is 1. The van der Waals surface area contributed by atoms with Crippen molar-refractivity contribution in [1.29, 1.82) is 0 Å². The standard InChI is InChI=1S/C23H26ClF4N5O2/c1-33(2)15(7-13-3-4-16(20(29)35)18(25)8-13)12-30-19(34)9-17(21-31-10-14(24)11-32-21)22(5-6-22)23(26,27)28/h3-4,8,10-11,15,17H,5-7,9,12H2,1-2H3,(H2,29,35)(H,30,34)/t15-,17?/m0/s1. The molecule has 35 heavy (non-hydrogen) atoms. The fourth-order valence-electron chi connectivity index (χ4n) is 4.08. The Morgan fingerprint density at radius 3 is 2.34 bits per heavy atom. The van der Waals surface area contributed by atoms with Crippen molar-refractivity contribution in [3.63, 3.8) is 0 Å². The molecule has 12 heteroatoms. The Balaban J connectivity index is 1.70. The molecular formula is C23H26ClF4N5O2. The topological polar surface area (TPSA) is 101 Å². The molecule has 3 N–H and O–H groups in total. The highest BCUT2D eigenvalue weighted by Crippen LogP contribution is 2.65. The number of nitrogens with two attached hydrogens (primary N) is 1. The Morgan fingerprint density at radius 1 is 1.23 bits per heavy atom. The largest absolute Gasteiger partial charge is 0.395 e. The minimum Gasteiger partial charge on any atom is -0.366 e. The normalized spacial score (nSPS) is 16.6. The van der Waals surface area contributed by atoms with Gasteiger partial charge in [0.05, 0.1) is 16.0 Å². The number of carbonyl (C=O) groups is 2. The summed E-state index contributed by atoms with van der Waals surface area (Å²) in [4.78, 5) is 33.7. The number of alkyl halides is 3. The summed E-state index contributed by atoms with van der Waals surface area (Å²) in [5, 5.41) is 2.88. The quantitative estimate of drug-likeness (QED) is 0.472. The van der Waals surface area contributed by atoms with Crippen molar-refractivity contribution >= 4 is 23.4 Å². The zero-order chi connectivity index (χ0) is 26.0. The van der Waals surface area contributed by atoms with Crippen LogP contribution in [0.2, 0.25) is 5.02 Å². The number of carbonyl (C=O) groups excluding carboxylic acids is 2. The molecule has 2 amide bonds. The van der Waals surface area contributed by atoms with Crippen LogP contribution in [0.3, 0.4) is 0 Å². The van der Waals surface area contributed by atoms with Crippen molar-refractivity contribution in [3.8, 4) is 0 Å². The maximum atomic E-state index is 14.1. The third-order valence-electron chi connectivity index (χ3n) is 6.40. The molecule has 0 radical (unpaired) electrons. The Morgan fingerprint density at radius 2 is 1.86 bits per heavy atom. The van der Waals surface area contributed by atoms with Crippen molar-refractivity contribution in [2.24, 2.45) is 11.1 Å². The first kappa shape index (κ1) is 26.8. The summed E-state index contributed by atoms with van der Waals surface area (Å²) in [5.41, 5.74) is 3.43. The zero-order valence-corrected chi connectivity index (χ0v) is 20.0. The number of hydrogen-bond donors (Lipinski definition) is 2. The summed E-state index contributed by atoms with van der Waals surface area (Å²) in [7, 11) is 3.52. The van der Waals surface area contributed by atoms with Crippen molar-refractivity contribution < 1.29 is 27.2 Å². The molecule has 1 fully saturated rings. The minimum absolute atomic E-state index is 0.0754. The molecule has 1 aliphatic carbocycles. The van der Waals surface area contributed by atoms with E-state index in [1.165, 1.54) is 24.5 Å². The highest BCUT2D eigenvalue weighted by Gasteiger charge is 2.68. The van der Waals surface area contributed by atoms with Gasteiger partial charge in [0.25, 0.3) is 5.91 Å². The fourth-order valence-corrected chi connectivity index (χ4v) is 4.18. The second-order valence-corrected chi connectivity index (χ2v) is 9.41. The molecule has 190 valence electrons. The van der Waals surface area contributed by atoms with Crippen molar-refractivity contribution in [3.05, 3.63) is 58.4 Å². The predicted molar refractivity (Wildman–Crippen MR) is 121 cm³/mol. The Kier molecular flexibility index (Phi) is 8.00. The summed E-state index contributed by atoms with van der Waals surface area (Å²) in [5.74, 6) is -3.52. The van der Waals surface area contributed by atoms with Gasteiger partial charge in [-0.1, -0.05) is 17.7 Å². The molecule has 3 rings (SSSR count). The molecule has 7 nitrogen and oxygen atoms in total. The van der Waals surface area contributed by atoms with Gasteiger partial charge in [0.1, 0.15) is 11.6 Å². The van der Waals surface area contributed by atoms with Crippen LogP contribution in [0.15, 0.2) is 30.6 Å². The van der Waals surface area contributed by atoms with E-state index in [4.69, 9.17) is 17.3 Å². The van der Waals surface area contributed by atoms with E-state index in [1.54, 1.807) is 25.1 Å². The summed E-state index contributed by atoms with van der Waals surface area (Å²) >= 11 is 5.78. The van der Waals surface area contributed by atoms with Gasteiger partial charge >= 0.3 is 6.18 Å². The fraction of sp³-hybridized carbons (Fsp3) is 0.478.